The molecule has 0 atom stereocenters. The third kappa shape index (κ3) is 6.06. The summed E-state index contributed by atoms with van der Waals surface area (Å²) in [6.45, 7) is 0.473. The summed E-state index contributed by atoms with van der Waals surface area (Å²) in [4.78, 5) is 12.2. The minimum absolute atomic E-state index is 0.134. The summed E-state index contributed by atoms with van der Waals surface area (Å²) >= 11 is 5.90. The fourth-order valence-corrected chi connectivity index (χ4v) is 2.85. The number of carbonyl (C=O) groups excluding carboxylic acids is 1. The molecule has 0 saturated heterocycles. The molecular weight excluding hydrogens is 404 g/mol. The van der Waals surface area contributed by atoms with Crippen LogP contribution in [0.25, 0.3) is 0 Å². The zero-order chi connectivity index (χ0) is 21.3. The minimum atomic E-state index is -0.268. The first kappa shape index (κ1) is 21.3. The smallest absolute Gasteiger partial charge is 0.262 e. The molecule has 3 rings (SSSR count). The lowest BCUT2D eigenvalue weighted by molar-refractivity contribution is -0.118. The number of methoxy groups -OCH3 is 2. The third-order valence-corrected chi connectivity index (χ3v) is 4.55. The van der Waals surface area contributed by atoms with E-state index in [0.717, 1.165) is 17.0 Å². The van der Waals surface area contributed by atoms with E-state index in [1.54, 1.807) is 44.6 Å². The van der Waals surface area contributed by atoms with Crippen LogP contribution < -0.4 is 24.8 Å². The molecule has 0 fully saturated rings. The molecular formula is C23H23ClN2O4. The maximum atomic E-state index is 12.2. The van der Waals surface area contributed by atoms with Gasteiger partial charge in [-0.05, 0) is 66.2 Å². The normalized spacial score (nSPS) is 10.2. The van der Waals surface area contributed by atoms with Gasteiger partial charge in [0.15, 0.2) is 18.1 Å². The highest BCUT2D eigenvalue weighted by atomic mass is 35.5. The molecule has 7 heteroatoms. The zero-order valence-electron chi connectivity index (χ0n) is 16.8. The van der Waals surface area contributed by atoms with Crippen molar-refractivity contribution in [3.05, 3.63) is 77.3 Å². The Kier molecular flexibility index (Phi) is 7.40. The largest absolute Gasteiger partial charge is 0.497 e. The van der Waals surface area contributed by atoms with Crippen LogP contribution >= 0.6 is 11.6 Å². The Morgan fingerprint density at radius 3 is 2.23 bits per heavy atom. The van der Waals surface area contributed by atoms with Crippen molar-refractivity contribution in [2.75, 3.05) is 31.5 Å². The van der Waals surface area contributed by atoms with E-state index in [1.165, 1.54) is 0 Å². The zero-order valence-corrected chi connectivity index (χ0v) is 17.5. The molecule has 3 aromatic rings. The topological polar surface area (TPSA) is 68.8 Å². The minimum Gasteiger partial charge on any atom is -0.497 e. The van der Waals surface area contributed by atoms with Crippen LogP contribution in [0.2, 0.25) is 5.02 Å². The number of nitrogens with one attached hydrogen (secondary N) is 2. The summed E-state index contributed by atoms with van der Waals surface area (Å²) in [6.07, 6.45) is 0. The molecule has 0 heterocycles. The van der Waals surface area contributed by atoms with Gasteiger partial charge in [-0.25, -0.2) is 0 Å². The fraction of sp³-hybridized carbons (Fsp3) is 0.174. The molecule has 0 saturated carbocycles. The Morgan fingerprint density at radius 2 is 1.57 bits per heavy atom. The van der Waals surface area contributed by atoms with E-state index in [1.807, 2.05) is 36.4 Å². The van der Waals surface area contributed by atoms with Crippen molar-refractivity contribution in [3.63, 3.8) is 0 Å². The fourth-order valence-electron chi connectivity index (χ4n) is 2.73. The van der Waals surface area contributed by atoms with Gasteiger partial charge >= 0.3 is 0 Å². The van der Waals surface area contributed by atoms with Gasteiger partial charge in [0, 0.05) is 22.9 Å². The molecule has 0 bridgehead atoms. The Hall–Kier alpha value is -3.38. The first-order valence-corrected chi connectivity index (χ1v) is 9.68. The van der Waals surface area contributed by atoms with Crippen LogP contribution in [-0.2, 0) is 11.3 Å². The van der Waals surface area contributed by atoms with Gasteiger partial charge in [0.1, 0.15) is 5.75 Å². The molecule has 0 radical (unpaired) electrons. The molecule has 2 N–H and O–H groups in total. The van der Waals surface area contributed by atoms with Gasteiger partial charge in [0.05, 0.1) is 14.2 Å². The summed E-state index contributed by atoms with van der Waals surface area (Å²) in [5, 5.41) is 6.79. The Morgan fingerprint density at radius 1 is 0.867 bits per heavy atom. The van der Waals surface area contributed by atoms with E-state index in [4.69, 9.17) is 25.8 Å². The Bertz CT molecular complexity index is 975. The highest BCUT2D eigenvalue weighted by Gasteiger charge is 2.09. The van der Waals surface area contributed by atoms with Gasteiger partial charge in [-0.1, -0.05) is 17.7 Å². The van der Waals surface area contributed by atoms with Crippen molar-refractivity contribution in [3.8, 4) is 17.2 Å². The van der Waals surface area contributed by atoms with Crippen LogP contribution in [-0.4, -0.2) is 26.7 Å². The molecule has 0 aliphatic carbocycles. The van der Waals surface area contributed by atoms with Crippen molar-refractivity contribution >= 4 is 28.9 Å². The van der Waals surface area contributed by atoms with Crippen molar-refractivity contribution in [2.45, 2.75) is 6.54 Å². The van der Waals surface area contributed by atoms with Crippen molar-refractivity contribution in [1.29, 1.82) is 0 Å². The quantitative estimate of drug-likeness (QED) is 0.504. The monoisotopic (exact) mass is 426 g/mol. The highest BCUT2D eigenvalue weighted by molar-refractivity contribution is 6.30. The van der Waals surface area contributed by atoms with Gasteiger partial charge in [0.2, 0.25) is 0 Å². The predicted molar refractivity (Wildman–Crippen MR) is 119 cm³/mol. The second kappa shape index (κ2) is 10.4. The molecule has 0 aliphatic heterocycles. The van der Waals surface area contributed by atoms with Crippen LogP contribution in [0, 0.1) is 0 Å². The lowest BCUT2D eigenvalue weighted by atomic mass is 10.2. The standard InChI is InChI=1S/C23H23ClN2O4/c1-28-20-10-8-19(9-11-20)26-23(27)15-30-21-12-3-16(13-22(21)29-2)14-25-18-6-4-17(24)5-7-18/h3-13,25H,14-15H2,1-2H3,(H,26,27). The highest BCUT2D eigenvalue weighted by Crippen LogP contribution is 2.28. The van der Waals surface area contributed by atoms with Gasteiger partial charge in [-0.2, -0.15) is 0 Å². The maximum Gasteiger partial charge on any atom is 0.262 e. The summed E-state index contributed by atoms with van der Waals surface area (Å²) < 4.78 is 16.2. The SMILES string of the molecule is COc1ccc(NC(=O)COc2ccc(CNc3ccc(Cl)cc3)cc2OC)cc1. The number of carbonyl (C=O) groups is 1. The van der Waals surface area contributed by atoms with E-state index >= 15 is 0 Å². The second-order valence-electron chi connectivity index (χ2n) is 6.41. The molecule has 156 valence electrons. The molecule has 0 aliphatic rings. The second-order valence-corrected chi connectivity index (χ2v) is 6.85. The lowest BCUT2D eigenvalue weighted by Crippen LogP contribution is -2.20. The van der Waals surface area contributed by atoms with Crippen LogP contribution in [0.3, 0.4) is 0 Å². The first-order valence-electron chi connectivity index (χ1n) is 9.30. The Balaban J connectivity index is 1.54. The van der Waals surface area contributed by atoms with Gasteiger partial charge < -0.3 is 24.8 Å². The van der Waals surface area contributed by atoms with Crippen LogP contribution in [0.4, 0.5) is 11.4 Å². The first-order chi connectivity index (χ1) is 14.6. The number of anilines is 2. The summed E-state index contributed by atoms with van der Waals surface area (Å²) in [7, 11) is 3.16. The molecule has 3 aromatic carbocycles. The van der Waals surface area contributed by atoms with Crippen LogP contribution in [0.15, 0.2) is 66.7 Å². The molecule has 1 amide bonds. The van der Waals surface area contributed by atoms with E-state index < -0.39 is 0 Å². The molecule has 0 unspecified atom stereocenters. The number of ether oxygens (including phenoxy) is 3. The predicted octanol–water partition coefficient (Wildman–Crippen LogP) is 4.99. The molecule has 30 heavy (non-hydrogen) atoms. The number of benzene rings is 3. The van der Waals surface area contributed by atoms with Gasteiger partial charge in [0.25, 0.3) is 5.91 Å². The molecule has 0 spiro atoms. The summed E-state index contributed by atoms with van der Waals surface area (Å²) in [5.41, 5.74) is 2.64. The van der Waals surface area contributed by atoms with Crippen molar-refractivity contribution in [1.82, 2.24) is 0 Å². The van der Waals surface area contributed by atoms with Gasteiger partial charge in [-0.3, -0.25) is 4.79 Å². The Labute approximate surface area is 180 Å². The summed E-state index contributed by atoms with van der Waals surface area (Å²) in [5.74, 6) is 1.51. The van der Waals surface area contributed by atoms with Gasteiger partial charge in [-0.15, -0.1) is 0 Å². The van der Waals surface area contributed by atoms with E-state index in [-0.39, 0.29) is 12.5 Å². The number of hydrogen-bond acceptors (Lipinski definition) is 5. The number of amides is 1. The molecule has 6 nitrogen and oxygen atoms in total. The molecule has 0 aromatic heterocycles. The van der Waals surface area contributed by atoms with Crippen LogP contribution in [0.1, 0.15) is 5.56 Å². The maximum absolute atomic E-state index is 12.2. The van der Waals surface area contributed by atoms with Crippen LogP contribution in [0.5, 0.6) is 17.2 Å². The number of halogens is 1. The van der Waals surface area contributed by atoms with E-state index in [0.29, 0.717) is 28.8 Å². The van der Waals surface area contributed by atoms with E-state index in [9.17, 15) is 4.79 Å². The number of hydrogen-bond donors (Lipinski definition) is 2. The average molecular weight is 427 g/mol. The third-order valence-electron chi connectivity index (χ3n) is 4.30. The van der Waals surface area contributed by atoms with Crippen molar-refractivity contribution in [2.24, 2.45) is 0 Å². The van der Waals surface area contributed by atoms with Crippen molar-refractivity contribution < 1.29 is 19.0 Å². The average Bonchev–Trinajstić information content (AvgIpc) is 2.78. The summed E-state index contributed by atoms with van der Waals surface area (Å²) in [6, 6.07) is 20.2. The lowest BCUT2D eigenvalue weighted by Gasteiger charge is -2.13. The van der Waals surface area contributed by atoms with E-state index in [2.05, 4.69) is 10.6 Å². The number of rotatable bonds is 9.